The lowest BCUT2D eigenvalue weighted by atomic mass is 10.1. The third-order valence-electron chi connectivity index (χ3n) is 2.48. The van der Waals surface area contributed by atoms with Gasteiger partial charge in [-0.15, -0.1) is 0 Å². The maximum absolute atomic E-state index is 11.3. The van der Waals surface area contributed by atoms with Gasteiger partial charge < -0.3 is 20.1 Å². The monoisotopic (exact) mass is 246 g/mol. The summed E-state index contributed by atoms with van der Waals surface area (Å²) < 4.78 is 5.61. The van der Waals surface area contributed by atoms with E-state index in [9.17, 15) is 4.79 Å². The van der Waals surface area contributed by atoms with Crippen LogP contribution in [0.2, 0.25) is 0 Å². The number of carbonyl (C=O) groups excluding carboxylic acids is 1. The standard InChI is InChI=1S/C12H26N2O3/c1-10(2)6-8-17-11(3)5-7-13-12(16)14(4)9-15/h10-11,15H,5-9H2,1-4H3,(H,13,16). The molecule has 102 valence electrons. The van der Waals surface area contributed by atoms with Crippen molar-refractivity contribution in [1.82, 2.24) is 10.2 Å². The fraction of sp³-hybridized carbons (Fsp3) is 0.917. The second kappa shape index (κ2) is 9.24. The molecule has 1 unspecified atom stereocenters. The number of amides is 2. The Kier molecular flexibility index (Phi) is 8.80. The van der Waals surface area contributed by atoms with Crippen LogP contribution in [0.4, 0.5) is 4.79 Å². The number of carbonyl (C=O) groups is 1. The molecule has 0 aromatic carbocycles. The summed E-state index contributed by atoms with van der Waals surface area (Å²) in [7, 11) is 1.54. The molecule has 0 radical (unpaired) electrons. The van der Waals surface area contributed by atoms with Crippen molar-refractivity contribution in [3.05, 3.63) is 0 Å². The first kappa shape index (κ1) is 16.2. The van der Waals surface area contributed by atoms with Gasteiger partial charge in [0.05, 0.1) is 6.10 Å². The Bertz CT molecular complexity index is 210. The summed E-state index contributed by atoms with van der Waals surface area (Å²) >= 11 is 0. The molecular weight excluding hydrogens is 220 g/mol. The molecule has 0 aliphatic carbocycles. The molecule has 2 amide bonds. The number of aliphatic hydroxyl groups excluding tert-OH is 1. The molecule has 0 spiro atoms. The van der Waals surface area contributed by atoms with E-state index in [1.807, 2.05) is 6.92 Å². The van der Waals surface area contributed by atoms with Gasteiger partial charge in [-0.05, 0) is 25.7 Å². The average Bonchev–Trinajstić information content (AvgIpc) is 2.27. The SMILES string of the molecule is CC(C)CCOC(C)CCNC(=O)N(C)CO. The van der Waals surface area contributed by atoms with E-state index in [-0.39, 0.29) is 18.9 Å². The highest BCUT2D eigenvalue weighted by Gasteiger charge is 2.07. The second-order valence-electron chi connectivity index (χ2n) is 4.72. The van der Waals surface area contributed by atoms with Gasteiger partial charge in [0.25, 0.3) is 0 Å². The first-order valence-corrected chi connectivity index (χ1v) is 6.18. The normalized spacial score (nSPS) is 12.6. The van der Waals surface area contributed by atoms with E-state index < -0.39 is 0 Å². The zero-order chi connectivity index (χ0) is 13.3. The molecular formula is C12H26N2O3. The molecule has 2 N–H and O–H groups in total. The Balaban J connectivity index is 3.50. The number of aliphatic hydroxyl groups is 1. The molecule has 0 saturated carbocycles. The predicted octanol–water partition coefficient (Wildman–Crippen LogP) is 1.42. The first-order valence-electron chi connectivity index (χ1n) is 6.18. The van der Waals surface area contributed by atoms with Crippen LogP contribution < -0.4 is 5.32 Å². The molecule has 0 aromatic rings. The third-order valence-corrected chi connectivity index (χ3v) is 2.48. The van der Waals surface area contributed by atoms with Gasteiger partial charge in [0.2, 0.25) is 0 Å². The molecule has 0 saturated heterocycles. The molecule has 5 nitrogen and oxygen atoms in total. The quantitative estimate of drug-likeness (QED) is 0.637. The lowest BCUT2D eigenvalue weighted by Gasteiger charge is -2.17. The molecule has 0 heterocycles. The van der Waals surface area contributed by atoms with E-state index in [0.717, 1.165) is 19.4 Å². The highest BCUT2D eigenvalue weighted by molar-refractivity contribution is 5.73. The largest absolute Gasteiger partial charge is 0.378 e. The zero-order valence-corrected chi connectivity index (χ0v) is 11.4. The number of urea groups is 1. The molecule has 0 rings (SSSR count). The summed E-state index contributed by atoms with van der Waals surface area (Å²) in [5, 5.41) is 11.4. The van der Waals surface area contributed by atoms with Gasteiger partial charge in [-0.25, -0.2) is 4.79 Å². The van der Waals surface area contributed by atoms with Crippen molar-refractivity contribution in [3.8, 4) is 0 Å². The average molecular weight is 246 g/mol. The van der Waals surface area contributed by atoms with Crippen LogP contribution in [-0.4, -0.2) is 49.1 Å². The van der Waals surface area contributed by atoms with Crippen LogP contribution in [0.1, 0.15) is 33.6 Å². The molecule has 1 atom stereocenters. The number of nitrogens with one attached hydrogen (secondary N) is 1. The van der Waals surface area contributed by atoms with Gasteiger partial charge in [-0.1, -0.05) is 13.8 Å². The zero-order valence-electron chi connectivity index (χ0n) is 11.4. The van der Waals surface area contributed by atoms with Crippen LogP contribution in [0.15, 0.2) is 0 Å². The lowest BCUT2D eigenvalue weighted by molar-refractivity contribution is 0.0535. The minimum absolute atomic E-state index is 0.147. The van der Waals surface area contributed by atoms with E-state index in [1.165, 1.54) is 11.9 Å². The van der Waals surface area contributed by atoms with Crippen molar-refractivity contribution in [3.63, 3.8) is 0 Å². The molecule has 5 heteroatoms. The highest BCUT2D eigenvalue weighted by atomic mass is 16.5. The van der Waals surface area contributed by atoms with Gasteiger partial charge in [0.1, 0.15) is 6.73 Å². The fourth-order valence-corrected chi connectivity index (χ4v) is 1.17. The van der Waals surface area contributed by atoms with E-state index in [2.05, 4.69) is 19.2 Å². The topological polar surface area (TPSA) is 61.8 Å². The Morgan fingerprint density at radius 3 is 2.53 bits per heavy atom. The van der Waals surface area contributed by atoms with Crippen LogP contribution in [0.5, 0.6) is 0 Å². The predicted molar refractivity (Wildman–Crippen MR) is 67.7 cm³/mol. The summed E-state index contributed by atoms with van der Waals surface area (Å²) in [6.07, 6.45) is 1.99. The van der Waals surface area contributed by atoms with Gasteiger partial charge in [0.15, 0.2) is 0 Å². The maximum Gasteiger partial charge on any atom is 0.318 e. The second-order valence-corrected chi connectivity index (χ2v) is 4.72. The van der Waals surface area contributed by atoms with Gasteiger partial charge in [-0.2, -0.15) is 0 Å². The van der Waals surface area contributed by atoms with E-state index >= 15 is 0 Å². The van der Waals surface area contributed by atoms with Crippen molar-refractivity contribution in [2.75, 3.05) is 26.9 Å². The van der Waals surface area contributed by atoms with Crippen molar-refractivity contribution >= 4 is 6.03 Å². The molecule has 0 fully saturated rings. The smallest absolute Gasteiger partial charge is 0.318 e. The summed E-state index contributed by atoms with van der Waals surface area (Å²) in [6, 6.07) is -0.262. The lowest BCUT2D eigenvalue weighted by Crippen LogP contribution is -2.38. The van der Waals surface area contributed by atoms with E-state index in [0.29, 0.717) is 12.5 Å². The van der Waals surface area contributed by atoms with Crippen molar-refractivity contribution in [1.29, 1.82) is 0 Å². The number of ether oxygens (including phenoxy) is 1. The van der Waals surface area contributed by atoms with Gasteiger partial charge in [0, 0.05) is 20.2 Å². The van der Waals surface area contributed by atoms with E-state index in [1.54, 1.807) is 0 Å². The number of hydrogen-bond donors (Lipinski definition) is 2. The molecule has 0 aliphatic heterocycles. The van der Waals surface area contributed by atoms with Gasteiger partial charge in [-0.3, -0.25) is 0 Å². The minimum Gasteiger partial charge on any atom is -0.378 e. The Morgan fingerprint density at radius 2 is 2.00 bits per heavy atom. The number of nitrogens with zero attached hydrogens (tertiary/aromatic N) is 1. The van der Waals surface area contributed by atoms with Crippen LogP contribution >= 0.6 is 0 Å². The van der Waals surface area contributed by atoms with Crippen LogP contribution in [0, 0.1) is 5.92 Å². The van der Waals surface area contributed by atoms with Crippen molar-refractivity contribution in [2.45, 2.75) is 39.7 Å². The van der Waals surface area contributed by atoms with Crippen molar-refractivity contribution < 1.29 is 14.6 Å². The van der Waals surface area contributed by atoms with Crippen LogP contribution in [0.3, 0.4) is 0 Å². The van der Waals surface area contributed by atoms with Gasteiger partial charge >= 0.3 is 6.03 Å². The molecule has 0 aliphatic rings. The Morgan fingerprint density at radius 1 is 1.35 bits per heavy atom. The first-order chi connectivity index (χ1) is 7.97. The maximum atomic E-state index is 11.3. The Hall–Kier alpha value is -0.810. The fourth-order valence-electron chi connectivity index (χ4n) is 1.17. The number of rotatable bonds is 8. The highest BCUT2D eigenvalue weighted by Crippen LogP contribution is 2.03. The summed E-state index contributed by atoms with van der Waals surface area (Å²) in [4.78, 5) is 12.5. The van der Waals surface area contributed by atoms with Crippen molar-refractivity contribution in [2.24, 2.45) is 5.92 Å². The van der Waals surface area contributed by atoms with E-state index in [4.69, 9.17) is 9.84 Å². The summed E-state index contributed by atoms with van der Waals surface area (Å²) in [5.41, 5.74) is 0. The molecule has 17 heavy (non-hydrogen) atoms. The summed E-state index contributed by atoms with van der Waals surface area (Å²) in [6.45, 7) is 7.39. The third kappa shape index (κ3) is 8.94. The summed E-state index contributed by atoms with van der Waals surface area (Å²) in [5.74, 6) is 0.653. The Labute approximate surface area is 104 Å². The minimum atomic E-state index is -0.272. The molecule has 0 aromatic heterocycles. The van der Waals surface area contributed by atoms with Crippen LogP contribution in [-0.2, 0) is 4.74 Å². The number of hydrogen-bond acceptors (Lipinski definition) is 3. The van der Waals surface area contributed by atoms with Crippen LogP contribution in [0.25, 0.3) is 0 Å². The molecule has 0 bridgehead atoms.